The third-order valence-electron chi connectivity index (χ3n) is 7.02. The molecule has 2 atom stereocenters. The monoisotopic (exact) mass is 423 g/mol. The minimum atomic E-state index is 0.457. The van der Waals surface area contributed by atoms with Gasteiger partial charge < -0.3 is 10.2 Å². The van der Waals surface area contributed by atoms with Gasteiger partial charge in [0.15, 0.2) is 0 Å². The third kappa shape index (κ3) is 6.55. The molecule has 1 aliphatic carbocycles. The number of hydrogen-bond donors (Lipinski definition) is 1. The molecule has 2 aliphatic heterocycles. The van der Waals surface area contributed by atoms with Crippen molar-refractivity contribution in [1.82, 2.24) is 14.9 Å². The normalized spacial score (nSPS) is 25.8. The lowest BCUT2D eigenvalue weighted by molar-refractivity contribution is 0.224. The largest absolute Gasteiger partial charge is 0.356 e. The highest BCUT2D eigenvalue weighted by Gasteiger charge is 2.29. The molecule has 31 heavy (non-hydrogen) atoms. The van der Waals surface area contributed by atoms with Crippen molar-refractivity contribution in [2.75, 3.05) is 36.4 Å². The van der Waals surface area contributed by atoms with Crippen LogP contribution in [0.4, 0.5) is 11.8 Å². The fraction of sp³-hybridized carbons (Fsp3) is 0.692. The summed E-state index contributed by atoms with van der Waals surface area (Å²) in [7, 11) is 0. The maximum Gasteiger partial charge on any atom is 0.224 e. The molecular formula is C26H41N5. The van der Waals surface area contributed by atoms with Crippen molar-refractivity contribution in [1.29, 1.82) is 0 Å². The summed E-state index contributed by atoms with van der Waals surface area (Å²) in [6.45, 7) is 9.03. The van der Waals surface area contributed by atoms with Crippen LogP contribution in [0, 0.1) is 5.92 Å². The second kappa shape index (κ2) is 11.1. The van der Waals surface area contributed by atoms with Crippen molar-refractivity contribution >= 4 is 11.8 Å². The fourth-order valence-corrected chi connectivity index (χ4v) is 5.20. The highest BCUT2D eigenvalue weighted by atomic mass is 15.3. The lowest BCUT2D eigenvalue weighted by Gasteiger charge is -2.30. The Morgan fingerprint density at radius 1 is 1.13 bits per heavy atom. The average molecular weight is 424 g/mol. The van der Waals surface area contributed by atoms with Crippen LogP contribution in [-0.4, -0.2) is 53.1 Å². The van der Waals surface area contributed by atoms with Crippen LogP contribution in [0.15, 0.2) is 36.1 Å². The summed E-state index contributed by atoms with van der Waals surface area (Å²) >= 11 is 0. The second-order valence-electron chi connectivity index (χ2n) is 9.93. The molecule has 170 valence electrons. The van der Waals surface area contributed by atoms with Gasteiger partial charge in [-0.15, -0.1) is 0 Å². The van der Waals surface area contributed by atoms with Gasteiger partial charge in [-0.1, -0.05) is 50.5 Å². The van der Waals surface area contributed by atoms with E-state index in [0.717, 1.165) is 37.8 Å². The molecule has 0 bridgehead atoms. The number of rotatable bonds is 7. The first-order valence-corrected chi connectivity index (χ1v) is 12.6. The fourth-order valence-electron chi connectivity index (χ4n) is 5.20. The molecule has 1 aromatic rings. The molecule has 5 heteroatoms. The van der Waals surface area contributed by atoms with Gasteiger partial charge in [-0.2, -0.15) is 4.98 Å². The summed E-state index contributed by atoms with van der Waals surface area (Å²) in [5.41, 5.74) is 1.63. The molecule has 4 rings (SSSR count). The molecule has 0 saturated carbocycles. The van der Waals surface area contributed by atoms with E-state index in [1.165, 1.54) is 57.9 Å². The van der Waals surface area contributed by atoms with E-state index >= 15 is 0 Å². The Morgan fingerprint density at radius 2 is 1.97 bits per heavy atom. The van der Waals surface area contributed by atoms with Crippen LogP contribution in [0.2, 0.25) is 0 Å². The van der Waals surface area contributed by atoms with Crippen molar-refractivity contribution in [3.63, 3.8) is 0 Å². The zero-order chi connectivity index (χ0) is 21.5. The highest BCUT2D eigenvalue weighted by Crippen LogP contribution is 2.28. The first-order valence-electron chi connectivity index (χ1n) is 12.6. The Morgan fingerprint density at radius 3 is 2.71 bits per heavy atom. The molecule has 5 nitrogen and oxygen atoms in total. The summed E-state index contributed by atoms with van der Waals surface area (Å²) in [5, 5.41) is 3.64. The van der Waals surface area contributed by atoms with Crippen molar-refractivity contribution in [2.45, 2.75) is 83.7 Å². The van der Waals surface area contributed by atoms with Crippen molar-refractivity contribution < 1.29 is 0 Å². The van der Waals surface area contributed by atoms with Gasteiger partial charge in [0.25, 0.3) is 0 Å². The molecule has 0 amide bonds. The van der Waals surface area contributed by atoms with Crippen LogP contribution < -0.4 is 10.2 Å². The number of hydrogen-bond acceptors (Lipinski definition) is 5. The molecule has 1 aromatic heterocycles. The van der Waals surface area contributed by atoms with E-state index < -0.39 is 0 Å². The smallest absolute Gasteiger partial charge is 0.224 e. The molecule has 1 N–H and O–H groups in total. The number of aromatic nitrogens is 2. The molecule has 2 unspecified atom stereocenters. The summed E-state index contributed by atoms with van der Waals surface area (Å²) in [6.07, 6.45) is 20.4. The van der Waals surface area contributed by atoms with Crippen LogP contribution in [0.25, 0.3) is 0 Å². The lowest BCUT2D eigenvalue weighted by Crippen LogP contribution is -2.36. The SMILES string of the molecule is CC(C)/C=C/CC1=CCC(N2CCC(Nc3nccc(N4CCCCCC4)n3)C2)CC1. The molecule has 3 aliphatic rings. The van der Waals surface area contributed by atoms with Gasteiger partial charge >= 0.3 is 0 Å². The topological polar surface area (TPSA) is 44.3 Å². The summed E-state index contributed by atoms with van der Waals surface area (Å²) in [5.74, 6) is 2.54. The van der Waals surface area contributed by atoms with Crippen molar-refractivity contribution in [2.24, 2.45) is 5.92 Å². The first kappa shape index (κ1) is 22.3. The van der Waals surface area contributed by atoms with Gasteiger partial charge in [-0.25, -0.2) is 4.98 Å². The average Bonchev–Trinajstić information content (AvgIpc) is 3.06. The number of allylic oxidation sites excluding steroid dienone is 3. The molecule has 0 spiro atoms. The van der Waals surface area contributed by atoms with Gasteiger partial charge in [0.2, 0.25) is 5.95 Å². The summed E-state index contributed by atoms with van der Waals surface area (Å²) in [4.78, 5) is 14.5. The minimum absolute atomic E-state index is 0.457. The van der Waals surface area contributed by atoms with Crippen molar-refractivity contribution in [3.8, 4) is 0 Å². The zero-order valence-corrected chi connectivity index (χ0v) is 19.6. The van der Waals surface area contributed by atoms with E-state index in [1.54, 1.807) is 5.57 Å². The number of nitrogens with one attached hydrogen (secondary N) is 1. The van der Waals surface area contributed by atoms with Gasteiger partial charge in [-0.05, 0) is 56.9 Å². The maximum atomic E-state index is 4.86. The number of nitrogens with zero attached hydrogens (tertiary/aromatic N) is 4. The summed E-state index contributed by atoms with van der Waals surface area (Å²) in [6, 6.07) is 3.23. The van der Waals surface area contributed by atoms with Crippen LogP contribution >= 0.6 is 0 Å². The molecule has 3 heterocycles. The predicted octanol–water partition coefficient (Wildman–Crippen LogP) is 5.42. The van der Waals surface area contributed by atoms with E-state index in [1.807, 2.05) is 6.20 Å². The predicted molar refractivity (Wildman–Crippen MR) is 131 cm³/mol. The molecular weight excluding hydrogens is 382 g/mol. The van der Waals surface area contributed by atoms with E-state index in [2.05, 4.69) is 58.2 Å². The van der Waals surface area contributed by atoms with E-state index in [9.17, 15) is 0 Å². The number of likely N-dealkylation sites (tertiary alicyclic amines) is 1. The molecule has 2 fully saturated rings. The Balaban J connectivity index is 1.26. The standard InChI is InChI=1S/C26H41N5/c1-21(2)8-7-9-22-10-12-24(13-11-22)31-19-15-23(20-31)28-26-27-16-14-25(29-26)30-17-5-3-4-6-18-30/h7-8,10,14,16,21,23-24H,3-6,9,11-13,15,17-20H2,1-2H3,(H,27,28,29)/b8-7+. The Labute approximate surface area is 189 Å². The van der Waals surface area contributed by atoms with E-state index in [4.69, 9.17) is 4.98 Å². The molecule has 0 radical (unpaired) electrons. The maximum absolute atomic E-state index is 4.86. The van der Waals surface area contributed by atoms with Crippen molar-refractivity contribution in [3.05, 3.63) is 36.1 Å². The van der Waals surface area contributed by atoms with Gasteiger partial charge in [0.05, 0.1) is 0 Å². The lowest BCUT2D eigenvalue weighted by atomic mass is 9.92. The Hall–Kier alpha value is -1.88. The number of anilines is 2. The van der Waals surface area contributed by atoms with E-state index in [-0.39, 0.29) is 0 Å². The Bertz CT molecular complexity index is 748. The zero-order valence-electron chi connectivity index (χ0n) is 19.6. The van der Waals surface area contributed by atoms with Gasteiger partial charge in [0.1, 0.15) is 5.82 Å². The first-order chi connectivity index (χ1) is 15.2. The van der Waals surface area contributed by atoms with Crippen LogP contribution in [0.3, 0.4) is 0 Å². The third-order valence-corrected chi connectivity index (χ3v) is 7.02. The van der Waals surface area contributed by atoms with Crippen LogP contribution in [-0.2, 0) is 0 Å². The Kier molecular flexibility index (Phi) is 8.01. The van der Waals surface area contributed by atoms with Crippen LogP contribution in [0.5, 0.6) is 0 Å². The highest BCUT2D eigenvalue weighted by molar-refractivity contribution is 5.43. The molecule has 2 saturated heterocycles. The second-order valence-corrected chi connectivity index (χ2v) is 9.93. The quantitative estimate of drug-likeness (QED) is 0.593. The minimum Gasteiger partial charge on any atom is -0.356 e. The van der Waals surface area contributed by atoms with Crippen LogP contribution in [0.1, 0.15) is 71.6 Å². The van der Waals surface area contributed by atoms with E-state index in [0.29, 0.717) is 18.0 Å². The van der Waals surface area contributed by atoms with Gasteiger partial charge in [-0.3, -0.25) is 4.90 Å². The molecule has 0 aromatic carbocycles. The van der Waals surface area contributed by atoms with Gasteiger partial charge in [0, 0.05) is 44.5 Å². The summed E-state index contributed by atoms with van der Waals surface area (Å²) < 4.78 is 0.